The molecular weight excluding hydrogens is 272 g/mol. The molecule has 21 heavy (non-hydrogen) atoms. The second kappa shape index (κ2) is 6.74. The molecule has 1 aromatic heterocycles. The van der Waals surface area contributed by atoms with Crippen LogP contribution in [0.2, 0.25) is 0 Å². The molecule has 1 aliphatic rings. The maximum absolute atomic E-state index is 11.2. The number of carboxylic acid groups (broad SMARTS) is 1. The molecule has 0 saturated heterocycles. The van der Waals surface area contributed by atoms with Gasteiger partial charge in [-0.15, -0.1) is 0 Å². The fourth-order valence-corrected chi connectivity index (χ4v) is 3.01. The highest BCUT2D eigenvalue weighted by molar-refractivity contribution is 5.70. The molecule has 1 heterocycles. The van der Waals surface area contributed by atoms with Crippen LogP contribution in [0.4, 0.5) is 0 Å². The molecule has 0 aromatic carbocycles. The Morgan fingerprint density at radius 2 is 2.05 bits per heavy atom. The van der Waals surface area contributed by atoms with Crippen molar-refractivity contribution in [3.8, 4) is 0 Å². The number of aryl methyl sites for hydroxylation is 2. The van der Waals surface area contributed by atoms with Crippen LogP contribution in [-0.4, -0.2) is 33.9 Å². The van der Waals surface area contributed by atoms with Crippen LogP contribution in [-0.2, 0) is 20.9 Å². The standard InChI is InChI=1S/C15H22N2O4/c1-10-13(9-17(16-10)8-7-14(18)21-2)11-3-5-12(6-4-11)15(19)20/h9,11-12H,3-8H2,1-2H3,(H,19,20)/t11-,12+. The number of hydrogen-bond acceptors (Lipinski definition) is 4. The summed E-state index contributed by atoms with van der Waals surface area (Å²) in [6, 6.07) is 0. The molecule has 0 unspecified atom stereocenters. The summed E-state index contributed by atoms with van der Waals surface area (Å²) in [6.45, 7) is 2.48. The third kappa shape index (κ3) is 3.83. The third-order valence-electron chi connectivity index (χ3n) is 4.27. The van der Waals surface area contributed by atoms with Gasteiger partial charge in [-0.2, -0.15) is 5.10 Å². The van der Waals surface area contributed by atoms with Crippen LogP contribution in [0.15, 0.2) is 6.20 Å². The zero-order valence-electron chi connectivity index (χ0n) is 12.5. The molecule has 1 fully saturated rings. The number of carboxylic acids is 1. The number of nitrogens with zero attached hydrogens (tertiary/aromatic N) is 2. The summed E-state index contributed by atoms with van der Waals surface area (Å²) in [5.74, 6) is -0.742. The lowest BCUT2D eigenvalue weighted by Gasteiger charge is -2.25. The van der Waals surface area contributed by atoms with E-state index in [0.29, 0.717) is 18.9 Å². The van der Waals surface area contributed by atoms with Crippen molar-refractivity contribution in [2.45, 2.75) is 51.5 Å². The van der Waals surface area contributed by atoms with E-state index in [2.05, 4.69) is 9.84 Å². The van der Waals surface area contributed by atoms with Gasteiger partial charge in [-0.25, -0.2) is 0 Å². The van der Waals surface area contributed by atoms with Crippen LogP contribution in [0.1, 0.15) is 49.3 Å². The van der Waals surface area contributed by atoms with Crippen molar-refractivity contribution in [3.63, 3.8) is 0 Å². The van der Waals surface area contributed by atoms with Crippen molar-refractivity contribution in [2.24, 2.45) is 5.92 Å². The van der Waals surface area contributed by atoms with Gasteiger partial charge in [-0.1, -0.05) is 0 Å². The van der Waals surface area contributed by atoms with Gasteiger partial charge in [-0.05, 0) is 44.1 Å². The molecule has 1 aliphatic carbocycles. The Balaban J connectivity index is 1.96. The van der Waals surface area contributed by atoms with Gasteiger partial charge in [0.15, 0.2) is 0 Å². The fraction of sp³-hybridized carbons (Fsp3) is 0.667. The summed E-state index contributed by atoms with van der Waals surface area (Å²) in [4.78, 5) is 22.1. The monoisotopic (exact) mass is 294 g/mol. The molecule has 0 bridgehead atoms. The average molecular weight is 294 g/mol. The summed E-state index contributed by atoms with van der Waals surface area (Å²) in [6.07, 6.45) is 5.54. The second-order valence-electron chi connectivity index (χ2n) is 5.65. The highest BCUT2D eigenvalue weighted by atomic mass is 16.5. The second-order valence-corrected chi connectivity index (χ2v) is 5.65. The van der Waals surface area contributed by atoms with Crippen molar-refractivity contribution in [2.75, 3.05) is 7.11 Å². The van der Waals surface area contributed by atoms with Gasteiger partial charge in [0.1, 0.15) is 0 Å². The molecule has 6 nitrogen and oxygen atoms in total. The van der Waals surface area contributed by atoms with Crippen molar-refractivity contribution in [1.82, 2.24) is 9.78 Å². The van der Waals surface area contributed by atoms with Gasteiger partial charge in [0, 0.05) is 6.20 Å². The van der Waals surface area contributed by atoms with E-state index in [-0.39, 0.29) is 11.9 Å². The lowest BCUT2D eigenvalue weighted by atomic mass is 9.79. The molecule has 0 spiro atoms. The first-order valence-corrected chi connectivity index (χ1v) is 7.34. The maximum Gasteiger partial charge on any atom is 0.307 e. The van der Waals surface area contributed by atoms with Crippen LogP contribution in [0.25, 0.3) is 0 Å². The Bertz CT molecular complexity index is 516. The van der Waals surface area contributed by atoms with Crippen molar-refractivity contribution in [1.29, 1.82) is 0 Å². The first kappa shape index (κ1) is 15.5. The van der Waals surface area contributed by atoms with Gasteiger partial charge in [0.25, 0.3) is 0 Å². The number of methoxy groups -OCH3 is 1. The van der Waals surface area contributed by atoms with Crippen LogP contribution >= 0.6 is 0 Å². The zero-order valence-corrected chi connectivity index (χ0v) is 12.5. The van der Waals surface area contributed by atoms with Gasteiger partial charge in [-0.3, -0.25) is 14.3 Å². The number of esters is 1. The highest BCUT2D eigenvalue weighted by Gasteiger charge is 2.28. The van der Waals surface area contributed by atoms with E-state index in [1.165, 1.54) is 12.7 Å². The van der Waals surface area contributed by atoms with Crippen LogP contribution in [0.3, 0.4) is 0 Å². The predicted molar refractivity (Wildman–Crippen MR) is 75.9 cm³/mol. The Kier molecular flexibility index (Phi) is 4.98. The highest BCUT2D eigenvalue weighted by Crippen LogP contribution is 2.36. The normalized spacial score (nSPS) is 22.0. The van der Waals surface area contributed by atoms with E-state index in [1.807, 2.05) is 13.1 Å². The van der Waals surface area contributed by atoms with Gasteiger partial charge < -0.3 is 9.84 Å². The van der Waals surface area contributed by atoms with Gasteiger partial charge in [0.2, 0.25) is 0 Å². The molecule has 1 saturated carbocycles. The number of carbonyl (C=O) groups excluding carboxylic acids is 1. The number of aliphatic carboxylic acids is 1. The van der Waals surface area contributed by atoms with Crippen molar-refractivity contribution in [3.05, 3.63) is 17.5 Å². The Morgan fingerprint density at radius 3 is 2.62 bits per heavy atom. The van der Waals surface area contributed by atoms with E-state index < -0.39 is 5.97 Å². The number of aromatic nitrogens is 2. The molecular formula is C15H22N2O4. The van der Waals surface area contributed by atoms with Crippen LogP contribution < -0.4 is 0 Å². The quantitative estimate of drug-likeness (QED) is 0.841. The minimum absolute atomic E-state index is 0.198. The molecule has 1 aromatic rings. The molecule has 1 N–H and O–H groups in total. The molecule has 0 aliphatic heterocycles. The molecule has 0 amide bonds. The number of ether oxygens (including phenoxy) is 1. The Hall–Kier alpha value is -1.85. The first-order valence-electron chi connectivity index (χ1n) is 7.34. The van der Waals surface area contributed by atoms with Crippen molar-refractivity contribution < 1.29 is 19.4 Å². The summed E-state index contributed by atoms with van der Waals surface area (Å²) < 4.78 is 6.41. The SMILES string of the molecule is COC(=O)CCn1cc([C@H]2CC[C@@H](C(=O)O)CC2)c(C)n1. The minimum atomic E-state index is -0.682. The topological polar surface area (TPSA) is 81.4 Å². The number of rotatable bonds is 5. The molecule has 2 rings (SSSR count). The van der Waals surface area contributed by atoms with Crippen LogP contribution in [0.5, 0.6) is 0 Å². The van der Waals surface area contributed by atoms with Crippen molar-refractivity contribution >= 4 is 11.9 Å². The molecule has 0 radical (unpaired) electrons. The van der Waals surface area contributed by atoms with Crippen LogP contribution in [0, 0.1) is 12.8 Å². The van der Waals surface area contributed by atoms with E-state index in [9.17, 15) is 9.59 Å². The predicted octanol–water partition coefficient (Wildman–Crippen LogP) is 2.11. The Labute approximate surface area is 124 Å². The van der Waals surface area contributed by atoms with Gasteiger partial charge in [0.05, 0.1) is 31.7 Å². The maximum atomic E-state index is 11.2. The lowest BCUT2D eigenvalue weighted by molar-refractivity contribution is -0.143. The van der Waals surface area contributed by atoms with E-state index in [1.54, 1.807) is 4.68 Å². The van der Waals surface area contributed by atoms with Gasteiger partial charge >= 0.3 is 11.9 Å². The minimum Gasteiger partial charge on any atom is -0.481 e. The number of hydrogen-bond donors (Lipinski definition) is 1. The third-order valence-corrected chi connectivity index (χ3v) is 4.27. The zero-order chi connectivity index (χ0) is 15.4. The van der Waals surface area contributed by atoms with E-state index >= 15 is 0 Å². The average Bonchev–Trinajstić information content (AvgIpc) is 2.86. The molecule has 0 atom stereocenters. The van der Waals surface area contributed by atoms with E-state index in [4.69, 9.17) is 5.11 Å². The smallest absolute Gasteiger partial charge is 0.307 e. The molecule has 116 valence electrons. The number of carbonyl (C=O) groups is 2. The summed E-state index contributed by atoms with van der Waals surface area (Å²) in [5.41, 5.74) is 2.15. The van der Waals surface area contributed by atoms with E-state index in [0.717, 1.165) is 31.4 Å². The Morgan fingerprint density at radius 1 is 1.38 bits per heavy atom. The largest absolute Gasteiger partial charge is 0.481 e. The fourth-order valence-electron chi connectivity index (χ4n) is 3.01. The summed E-state index contributed by atoms with van der Waals surface area (Å²) in [5, 5.41) is 13.5. The first-order chi connectivity index (χ1) is 10.0. The summed E-state index contributed by atoms with van der Waals surface area (Å²) in [7, 11) is 1.38. The molecule has 6 heteroatoms. The lowest BCUT2D eigenvalue weighted by Crippen LogP contribution is -2.20. The summed E-state index contributed by atoms with van der Waals surface area (Å²) >= 11 is 0.